The summed E-state index contributed by atoms with van der Waals surface area (Å²) in [5, 5.41) is 23.0. The summed E-state index contributed by atoms with van der Waals surface area (Å²) in [6.07, 6.45) is 8.82. The molecule has 13 heteroatoms. The van der Waals surface area contributed by atoms with Gasteiger partial charge >= 0.3 is 5.97 Å². The van der Waals surface area contributed by atoms with Crippen molar-refractivity contribution in [2.24, 2.45) is 16.2 Å². The maximum Gasteiger partial charge on any atom is 0.355 e. The summed E-state index contributed by atoms with van der Waals surface area (Å²) in [7, 11) is 0. The number of nitrogens with zero attached hydrogens (tertiary/aromatic N) is 5. The average Bonchev–Trinajstić information content (AvgIpc) is 3.71. The van der Waals surface area contributed by atoms with Crippen LogP contribution in [0.4, 0.5) is 10.9 Å². The number of aromatic carboxylic acids is 1. The molecule has 0 radical (unpaired) electrons. The Morgan fingerprint density at radius 1 is 1.00 bits per heavy atom. The van der Waals surface area contributed by atoms with Gasteiger partial charge in [-0.3, -0.25) is 14.8 Å². The number of hydrogen-bond acceptors (Lipinski definition) is 10. The Hall–Kier alpha value is -4.69. The monoisotopic (exact) mass is 801 g/mol. The number of benzene rings is 2. The normalized spacial score (nSPS) is 27.5. The molecule has 58 heavy (non-hydrogen) atoms. The Kier molecular flexibility index (Phi) is 9.05. The molecule has 2 atom stereocenters. The summed E-state index contributed by atoms with van der Waals surface area (Å²) >= 11 is 1.46. The van der Waals surface area contributed by atoms with Gasteiger partial charge in [0.15, 0.2) is 16.6 Å². The molecule has 12 nitrogen and oxygen atoms in total. The Bertz CT molecular complexity index is 2390. The van der Waals surface area contributed by atoms with Gasteiger partial charge in [-0.25, -0.2) is 14.8 Å². The third kappa shape index (κ3) is 6.69. The van der Waals surface area contributed by atoms with Gasteiger partial charge in [-0.1, -0.05) is 55.5 Å². The molecule has 2 aromatic carbocycles. The van der Waals surface area contributed by atoms with Crippen molar-refractivity contribution in [2.45, 2.75) is 90.4 Å². The highest BCUT2D eigenvalue weighted by atomic mass is 32.1. The van der Waals surface area contributed by atoms with Gasteiger partial charge in [-0.05, 0) is 104 Å². The van der Waals surface area contributed by atoms with Gasteiger partial charge in [-0.2, -0.15) is 5.10 Å². The zero-order valence-corrected chi connectivity index (χ0v) is 34.3. The first-order valence-electron chi connectivity index (χ1n) is 20.6. The molecule has 302 valence electrons. The highest BCUT2D eigenvalue weighted by Gasteiger charge is 2.66. The summed E-state index contributed by atoms with van der Waals surface area (Å²) in [4.78, 5) is 37.9. The fourth-order valence-electron chi connectivity index (χ4n) is 12.4. The van der Waals surface area contributed by atoms with Gasteiger partial charge in [0.1, 0.15) is 0 Å². The summed E-state index contributed by atoms with van der Waals surface area (Å²) in [6, 6.07) is 17.9. The molecule has 2 unspecified atom stereocenters. The Labute approximate surface area is 342 Å². The lowest BCUT2D eigenvalue weighted by atomic mass is 9.39. The van der Waals surface area contributed by atoms with E-state index in [-0.39, 0.29) is 33.4 Å². The van der Waals surface area contributed by atoms with Crippen LogP contribution < -0.4 is 15.5 Å². The van der Waals surface area contributed by atoms with E-state index in [9.17, 15) is 14.7 Å². The molecular formula is C45H51N7O5S. The Balaban J connectivity index is 0.987. The number of carbonyl (C=O) groups excluding carboxylic acids is 1. The van der Waals surface area contributed by atoms with Crippen molar-refractivity contribution in [1.29, 1.82) is 0 Å². The molecule has 1 saturated heterocycles. The molecule has 3 N–H and O–H groups in total. The van der Waals surface area contributed by atoms with Gasteiger partial charge in [0.25, 0.3) is 5.91 Å². The van der Waals surface area contributed by atoms with Crippen LogP contribution in [0.3, 0.4) is 0 Å². The third-order valence-electron chi connectivity index (χ3n) is 13.5. The number of nitrogens with one attached hydrogen (secondary N) is 2. The van der Waals surface area contributed by atoms with E-state index in [0.717, 1.165) is 96.8 Å². The van der Waals surface area contributed by atoms with Crippen LogP contribution in [0.5, 0.6) is 0 Å². The summed E-state index contributed by atoms with van der Waals surface area (Å²) in [5.74, 6) is -0.557. The minimum atomic E-state index is -1.08. The molecule has 1 amide bonds. The highest BCUT2D eigenvalue weighted by Crippen LogP contribution is 2.72. The maximum atomic E-state index is 14.0. The van der Waals surface area contributed by atoms with Crippen molar-refractivity contribution in [3.63, 3.8) is 0 Å². The summed E-state index contributed by atoms with van der Waals surface area (Å²) in [6.45, 7) is 11.9. The minimum absolute atomic E-state index is 0.00367. The number of hydrogen-bond donors (Lipinski definition) is 3. The van der Waals surface area contributed by atoms with Crippen LogP contribution in [0.15, 0.2) is 60.8 Å². The number of rotatable bonds is 12. The minimum Gasteiger partial charge on any atom is -0.476 e. The Morgan fingerprint density at radius 3 is 2.57 bits per heavy atom. The highest BCUT2D eigenvalue weighted by molar-refractivity contribution is 7.22. The summed E-state index contributed by atoms with van der Waals surface area (Å²) in [5.41, 5.74) is 5.91. The molecule has 4 bridgehead atoms. The van der Waals surface area contributed by atoms with Crippen LogP contribution in [-0.4, -0.2) is 81.3 Å². The molecule has 4 saturated carbocycles. The number of amides is 1. The average molecular weight is 802 g/mol. The van der Waals surface area contributed by atoms with Gasteiger partial charge in [0.2, 0.25) is 0 Å². The second-order valence-electron chi connectivity index (χ2n) is 18.6. The molecular weight excluding hydrogens is 751 g/mol. The molecule has 5 fully saturated rings. The van der Waals surface area contributed by atoms with Gasteiger partial charge < -0.3 is 24.8 Å². The molecule has 2 aliphatic heterocycles. The topological polar surface area (TPSA) is 144 Å². The van der Waals surface area contributed by atoms with Crippen molar-refractivity contribution in [3.8, 4) is 11.1 Å². The molecule has 11 rings (SSSR count). The van der Waals surface area contributed by atoms with Crippen LogP contribution in [0, 0.1) is 23.2 Å². The molecule has 5 aromatic rings. The molecule has 6 aliphatic rings. The zero-order valence-electron chi connectivity index (χ0n) is 33.5. The first-order valence-corrected chi connectivity index (χ1v) is 21.5. The largest absolute Gasteiger partial charge is 0.476 e. The fraction of sp³-hybridized carbons (Fsp3) is 0.489. The second-order valence-corrected chi connectivity index (χ2v) is 19.6. The lowest BCUT2D eigenvalue weighted by Crippen LogP contribution is -2.64. The molecule has 0 spiro atoms. The van der Waals surface area contributed by atoms with Crippen molar-refractivity contribution < 1.29 is 24.2 Å². The van der Waals surface area contributed by atoms with E-state index in [0.29, 0.717) is 48.4 Å². The van der Waals surface area contributed by atoms with Gasteiger partial charge in [-0.15, -0.1) is 0 Å². The number of carboxylic acids is 1. The standard InChI is InChI=1S/C45H51N7O5S/c1-28-36(32-10-7-14-47-37(32)40(54)55)38(51-16-13-29-8-6-9-31(33(29)18-51)39(53)49-41-48-34-11-4-5-12-35(34)58-41)50-52(28)27-44-22-42(2)21-43(3,23-44)25-45(24-42,26-44)57-17-15-46-30-19-56-20-30/h4-12,14,30,46H,13,15-27H2,1-3H3,(H,54,55)(H,48,49,53). The first-order chi connectivity index (χ1) is 27.9. The van der Waals surface area contributed by atoms with E-state index < -0.39 is 5.97 Å². The number of para-hydroxylation sites is 1. The summed E-state index contributed by atoms with van der Waals surface area (Å²) < 4.78 is 15.5. The number of ether oxygens (including phenoxy) is 2. The SMILES string of the molecule is Cc1c(-c2cccnc2C(=O)O)c(N2CCc3cccc(C(=O)Nc4nc5ccccc5s4)c3C2)nn1CC12CC3(C)CC(C)(C1)CC(OCCNC1COC1)(C3)C2. The van der Waals surface area contributed by atoms with E-state index >= 15 is 0 Å². The van der Waals surface area contributed by atoms with Crippen LogP contribution in [0.25, 0.3) is 21.3 Å². The van der Waals surface area contributed by atoms with Gasteiger partial charge in [0, 0.05) is 54.8 Å². The molecule has 5 heterocycles. The van der Waals surface area contributed by atoms with Crippen LogP contribution in [0.1, 0.15) is 90.0 Å². The fourth-order valence-corrected chi connectivity index (χ4v) is 13.3. The molecule has 3 aromatic heterocycles. The predicted molar refractivity (Wildman–Crippen MR) is 224 cm³/mol. The van der Waals surface area contributed by atoms with Crippen molar-refractivity contribution in [2.75, 3.05) is 43.1 Å². The van der Waals surface area contributed by atoms with Crippen LogP contribution in [0.2, 0.25) is 0 Å². The smallest absolute Gasteiger partial charge is 0.355 e. The number of pyridine rings is 1. The van der Waals surface area contributed by atoms with Crippen molar-refractivity contribution in [3.05, 3.63) is 88.9 Å². The first kappa shape index (κ1) is 37.6. The van der Waals surface area contributed by atoms with E-state index in [2.05, 4.69) is 57.0 Å². The molecule has 4 aliphatic carbocycles. The number of thiazole rings is 1. The van der Waals surface area contributed by atoms with E-state index in [1.54, 1.807) is 6.07 Å². The lowest BCUT2D eigenvalue weighted by Gasteiger charge is -2.69. The number of aromatic nitrogens is 4. The van der Waals surface area contributed by atoms with E-state index in [4.69, 9.17) is 14.6 Å². The van der Waals surface area contributed by atoms with E-state index in [1.165, 1.54) is 24.0 Å². The van der Waals surface area contributed by atoms with E-state index in [1.807, 2.05) is 42.5 Å². The Morgan fingerprint density at radius 2 is 1.81 bits per heavy atom. The number of carboxylic acid groups (broad SMARTS) is 1. The lowest BCUT2D eigenvalue weighted by molar-refractivity contribution is -0.247. The van der Waals surface area contributed by atoms with Crippen molar-refractivity contribution >= 4 is 44.4 Å². The second kappa shape index (κ2) is 14.0. The van der Waals surface area contributed by atoms with Crippen molar-refractivity contribution in [1.82, 2.24) is 25.1 Å². The predicted octanol–water partition coefficient (Wildman–Crippen LogP) is 7.50. The number of carbonyl (C=O) groups is 2. The van der Waals surface area contributed by atoms with Crippen LogP contribution in [-0.2, 0) is 29.0 Å². The maximum absolute atomic E-state index is 14.0. The van der Waals surface area contributed by atoms with Gasteiger partial charge in [0.05, 0.1) is 41.7 Å². The zero-order chi connectivity index (χ0) is 39.9. The number of fused-ring (bicyclic) bond motifs is 2. The number of anilines is 2. The third-order valence-corrected chi connectivity index (χ3v) is 14.5. The van der Waals surface area contributed by atoms with Crippen LogP contribution >= 0.6 is 11.3 Å². The quantitative estimate of drug-likeness (QED) is 0.109.